The van der Waals surface area contributed by atoms with Gasteiger partial charge >= 0.3 is 0 Å². The van der Waals surface area contributed by atoms with Crippen molar-refractivity contribution in [2.24, 2.45) is 0 Å². The van der Waals surface area contributed by atoms with E-state index in [4.69, 9.17) is 0 Å². The van der Waals surface area contributed by atoms with Gasteiger partial charge in [-0.25, -0.2) is 4.39 Å². The van der Waals surface area contributed by atoms with Crippen molar-refractivity contribution in [1.29, 1.82) is 0 Å². The van der Waals surface area contributed by atoms with Gasteiger partial charge in [-0.3, -0.25) is 9.48 Å². The van der Waals surface area contributed by atoms with Crippen molar-refractivity contribution in [3.05, 3.63) is 54.1 Å². The third-order valence-electron chi connectivity index (χ3n) is 5.18. The number of nitrogens with one attached hydrogen (secondary N) is 2. The molecule has 1 saturated heterocycles. The lowest BCUT2D eigenvalue weighted by molar-refractivity contribution is -0.132. The van der Waals surface area contributed by atoms with Crippen molar-refractivity contribution in [3.63, 3.8) is 0 Å². The molecular weight excluding hydrogens is 343 g/mol. The molecule has 0 radical (unpaired) electrons. The number of amides is 1. The maximum atomic E-state index is 13.4. The van der Waals surface area contributed by atoms with E-state index in [1.807, 2.05) is 18.3 Å². The van der Waals surface area contributed by atoms with Crippen molar-refractivity contribution < 1.29 is 9.18 Å². The van der Waals surface area contributed by atoms with Crippen molar-refractivity contribution in [1.82, 2.24) is 20.4 Å². The molecule has 4 rings (SSSR count). The van der Waals surface area contributed by atoms with Crippen LogP contribution in [0.5, 0.6) is 0 Å². The van der Waals surface area contributed by atoms with Gasteiger partial charge in [-0.1, -0.05) is 12.1 Å². The smallest absolute Gasteiger partial charge is 0.248 e. The van der Waals surface area contributed by atoms with E-state index in [9.17, 15) is 9.18 Å². The summed E-state index contributed by atoms with van der Waals surface area (Å²) in [6.07, 6.45) is 5.88. The maximum Gasteiger partial charge on any atom is 0.248 e. The first kappa shape index (κ1) is 17.9. The topological polar surface area (TPSA) is 59.0 Å². The molecular formula is C18H22ClFN4O. The Morgan fingerprint density at radius 3 is 2.80 bits per heavy atom. The molecule has 1 aromatic heterocycles. The number of benzene rings is 1. The fourth-order valence-corrected chi connectivity index (χ4v) is 3.69. The quantitative estimate of drug-likeness (QED) is 0.874. The van der Waals surface area contributed by atoms with Gasteiger partial charge < -0.3 is 10.6 Å². The predicted octanol–water partition coefficient (Wildman–Crippen LogP) is 2.19. The number of carbonyl (C=O) groups is 1. The second-order valence-corrected chi connectivity index (χ2v) is 6.71. The van der Waals surface area contributed by atoms with Crippen LogP contribution in [0.3, 0.4) is 0 Å². The van der Waals surface area contributed by atoms with Gasteiger partial charge in [0, 0.05) is 24.4 Å². The van der Waals surface area contributed by atoms with Crippen LogP contribution in [0.4, 0.5) is 4.39 Å². The first-order valence-corrected chi connectivity index (χ1v) is 8.46. The summed E-state index contributed by atoms with van der Waals surface area (Å²) in [6.45, 7) is 1.59. The van der Waals surface area contributed by atoms with Crippen LogP contribution in [-0.2, 0) is 10.3 Å². The molecule has 2 aromatic rings. The van der Waals surface area contributed by atoms with Crippen LogP contribution in [0.2, 0.25) is 0 Å². The van der Waals surface area contributed by atoms with Crippen molar-refractivity contribution in [3.8, 4) is 0 Å². The maximum absolute atomic E-state index is 13.4. The molecule has 1 aliphatic carbocycles. The highest BCUT2D eigenvalue weighted by Crippen LogP contribution is 2.41. The summed E-state index contributed by atoms with van der Waals surface area (Å²) in [7, 11) is 0. The summed E-state index contributed by atoms with van der Waals surface area (Å²) in [6, 6.07) is 8.59. The van der Waals surface area contributed by atoms with E-state index in [0.717, 1.165) is 37.9 Å². The number of aromatic nitrogens is 2. The minimum absolute atomic E-state index is 0. The zero-order chi connectivity index (χ0) is 16.6. The number of nitrogens with zero attached hydrogens (tertiary/aromatic N) is 2. The van der Waals surface area contributed by atoms with Gasteiger partial charge in [0.25, 0.3) is 0 Å². The van der Waals surface area contributed by atoms with Crippen LogP contribution in [0, 0.1) is 5.82 Å². The van der Waals surface area contributed by atoms with Gasteiger partial charge in [0.1, 0.15) is 11.4 Å². The lowest BCUT2D eigenvalue weighted by Crippen LogP contribution is -2.55. The number of rotatable bonds is 4. The SMILES string of the molecule is Cl.O=C(NC1CC1c1cccc(F)c1)C1(n2cccn2)CCNCC1. The third-order valence-corrected chi connectivity index (χ3v) is 5.18. The molecule has 1 aromatic carbocycles. The zero-order valence-electron chi connectivity index (χ0n) is 13.8. The van der Waals surface area contributed by atoms with E-state index >= 15 is 0 Å². The molecule has 1 aliphatic heterocycles. The number of halogens is 2. The molecule has 7 heteroatoms. The zero-order valence-corrected chi connectivity index (χ0v) is 14.6. The second-order valence-electron chi connectivity index (χ2n) is 6.71. The van der Waals surface area contributed by atoms with E-state index in [1.165, 1.54) is 6.07 Å². The summed E-state index contributed by atoms with van der Waals surface area (Å²) in [5, 5.41) is 10.8. The molecule has 2 atom stereocenters. The van der Waals surface area contributed by atoms with E-state index in [1.54, 1.807) is 23.0 Å². The van der Waals surface area contributed by atoms with Gasteiger partial charge in [-0.05, 0) is 56.1 Å². The van der Waals surface area contributed by atoms with Gasteiger partial charge in [-0.2, -0.15) is 5.10 Å². The summed E-state index contributed by atoms with van der Waals surface area (Å²) < 4.78 is 15.2. The molecule has 2 heterocycles. The van der Waals surface area contributed by atoms with Gasteiger partial charge in [0.15, 0.2) is 0 Å². The molecule has 134 valence electrons. The molecule has 2 unspecified atom stereocenters. The van der Waals surface area contributed by atoms with E-state index < -0.39 is 5.54 Å². The Balaban J connectivity index is 0.00000182. The number of hydrogen-bond donors (Lipinski definition) is 2. The highest BCUT2D eigenvalue weighted by atomic mass is 35.5. The highest BCUT2D eigenvalue weighted by molar-refractivity contribution is 5.85. The van der Waals surface area contributed by atoms with Crippen LogP contribution < -0.4 is 10.6 Å². The van der Waals surface area contributed by atoms with Crippen molar-refractivity contribution in [2.75, 3.05) is 13.1 Å². The van der Waals surface area contributed by atoms with E-state index in [0.29, 0.717) is 0 Å². The largest absolute Gasteiger partial charge is 0.351 e. The van der Waals surface area contributed by atoms with E-state index in [2.05, 4.69) is 15.7 Å². The summed E-state index contributed by atoms with van der Waals surface area (Å²) in [4.78, 5) is 13.0. The van der Waals surface area contributed by atoms with Crippen LogP contribution >= 0.6 is 12.4 Å². The number of hydrogen-bond acceptors (Lipinski definition) is 3. The second kappa shape index (κ2) is 7.14. The monoisotopic (exact) mass is 364 g/mol. The predicted molar refractivity (Wildman–Crippen MR) is 95.2 cm³/mol. The van der Waals surface area contributed by atoms with Crippen LogP contribution in [0.25, 0.3) is 0 Å². The van der Waals surface area contributed by atoms with Gasteiger partial charge in [-0.15, -0.1) is 12.4 Å². The number of carbonyl (C=O) groups excluding carboxylic acids is 1. The molecule has 2 fully saturated rings. The minimum Gasteiger partial charge on any atom is -0.351 e. The Morgan fingerprint density at radius 2 is 2.12 bits per heavy atom. The summed E-state index contributed by atoms with van der Waals surface area (Å²) in [5.41, 5.74) is 0.336. The van der Waals surface area contributed by atoms with Gasteiger partial charge in [0.2, 0.25) is 5.91 Å². The molecule has 1 saturated carbocycles. The molecule has 0 bridgehead atoms. The first-order chi connectivity index (χ1) is 11.7. The van der Waals surface area contributed by atoms with Crippen molar-refractivity contribution in [2.45, 2.75) is 36.8 Å². The Morgan fingerprint density at radius 1 is 1.32 bits per heavy atom. The Hall–Kier alpha value is -1.92. The highest BCUT2D eigenvalue weighted by Gasteiger charge is 2.47. The Bertz CT molecular complexity index is 730. The van der Waals surface area contributed by atoms with Gasteiger partial charge in [0.05, 0.1) is 0 Å². The lowest BCUT2D eigenvalue weighted by atomic mass is 9.87. The fourth-order valence-electron chi connectivity index (χ4n) is 3.69. The summed E-state index contributed by atoms with van der Waals surface area (Å²) in [5.74, 6) is 0.00785. The minimum atomic E-state index is -0.621. The first-order valence-electron chi connectivity index (χ1n) is 8.46. The van der Waals surface area contributed by atoms with Crippen LogP contribution in [0.1, 0.15) is 30.7 Å². The Kier molecular flexibility index (Phi) is 5.11. The lowest BCUT2D eigenvalue weighted by Gasteiger charge is -2.36. The van der Waals surface area contributed by atoms with E-state index in [-0.39, 0.29) is 36.1 Å². The van der Waals surface area contributed by atoms with Crippen molar-refractivity contribution >= 4 is 18.3 Å². The Labute approximate surface area is 152 Å². The molecule has 1 amide bonds. The number of piperidine rings is 1. The standard InChI is InChI=1S/C18H21FN4O.ClH/c19-14-4-1-3-13(11-14)15-12-16(15)22-17(24)18(5-8-20-9-6-18)23-10-2-7-21-23;/h1-4,7,10-11,15-16,20H,5-6,8-9,12H2,(H,22,24);1H. The average molecular weight is 365 g/mol. The normalized spacial score (nSPS) is 24.2. The fraction of sp³-hybridized carbons (Fsp3) is 0.444. The molecule has 2 N–H and O–H groups in total. The van der Waals surface area contributed by atoms with Crippen LogP contribution in [0.15, 0.2) is 42.7 Å². The molecule has 0 spiro atoms. The summed E-state index contributed by atoms with van der Waals surface area (Å²) >= 11 is 0. The third kappa shape index (κ3) is 3.41. The van der Waals surface area contributed by atoms with Crippen LogP contribution in [-0.4, -0.2) is 34.8 Å². The average Bonchev–Trinajstić information content (AvgIpc) is 3.14. The molecule has 5 nitrogen and oxygen atoms in total. The molecule has 25 heavy (non-hydrogen) atoms. The molecule has 2 aliphatic rings.